The van der Waals surface area contributed by atoms with Gasteiger partial charge in [-0.3, -0.25) is 14.9 Å². The molecule has 0 unspecified atom stereocenters. The molecule has 2 atom stereocenters. The molecule has 2 aromatic rings. The topological polar surface area (TPSA) is 177 Å². The standard InChI is InChI=1S/C30H38N4O10S/c1-30(2,3)44-29(38)32-18-21-16-22(19-32)27(35)31(4)13-14-33(45(41,42)26-9-6-5-8-24(26)34(39)40)12-7-15-43-25-11-10-20(28(36)37)17-23(21)25/h5-6,8-11,17,21-22H,7,12-16,18-19H2,1-4H3,(H,36,37)/t21-,22+/m1/s1. The van der Waals surface area contributed by atoms with E-state index in [9.17, 15) is 38.0 Å². The number of carbonyl (C=O) groups is 3. The first-order valence-electron chi connectivity index (χ1n) is 14.5. The maximum atomic E-state index is 13.8. The van der Waals surface area contributed by atoms with E-state index in [0.717, 1.165) is 10.4 Å². The van der Waals surface area contributed by atoms with E-state index in [1.165, 1.54) is 53.2 Å². The third kappa shape index (κ3) is 7.89. The number of amides is 2. The predicted octanol–water partition coefficient (Wildman–Crippen LogP) is 3.57. The van der Waals surface area contributed by atoms with E-state index in [1.54, 1.807) is 20.8 Å². The van der Waals surface area contributed by atoms with Crippen molar-refractivity contribution >= 4 is 33.7 Å². The monoisotopic (exact) mass is 646 g/mol. The highest BCUT2D eigenvalue weighted by atomic mass is 32.2. The Balaban J connectivity index is 1.73. The zero-order valence-electron chi connectivity index (χ0n) is 25.7. The number of para-hydroxylation sites is 1. The molecule has 2 aliphatic rings. The van der Waals surface area contributed by atoms with Crippen LogP contribution in [-0.4, -0.2) is 103 Å². The van der Waals surface area contributed by atoms with Crippen LogP contribution in [0.15, 0.2) is 47.4 Å². The minimum Gasteiger partial charge on any atom is -0.493 e. The molecule has 2 aromatic carbocycles. The SMILES string of the molecule is CN1CCN(S(=O)(=O)c2ccccc2[N+](=O)[O-])CCCOc2ccc(C(=O)O)cc2[C@@H]2C[C@@H](CN(C(=O)OC(C)(C)C)C2)C1=O. The first-order chi connectivity index (χ1) is 21.1. The molecule has 4 rings (SSSR count). The number of piperidine rings is 1. The molecule has 244 valence electrons. The van der Waals surface area contributed by atoms with Gasteiger partial charge in [0.15, 0.2) is 4.90 Å². The number of rotatable bonds is 4. The highest BCUT2D eigenvalue weighted by Crippen LogP contribution is 2.38. The summed E-state index contributed by atoms with van der Waals surface area (Å²) in [6, 6.07) is 9.46. The van der Waals surface area contributed by atoms with Gasteiger partial charge in [0, 0.05) is 51.8 Å². The van der Waals surface area contributed by atoms with E-state index in [4.69, 9.17) is 9.47 Å². The van der Waals surface area contributed by atoms with Crippen molar-refractivity contribution in [1.82, 2.24) is 14.1 Å². The number of likely N-dealkylation sites (N-methyl/N-ethyl adjacent to an activating group) is 1. The van der Waals surface area contributed by atoms with Crippen LogP contribution < -0.4 is 4.74 Å². The fraction of sp³-hybridized carbons (Fsp3) is 0.500. The maximum absolute atomic E-state index is 13.8. The number of hydrogen-bond donors (Lipinski definition) is 1. The number of ether oxygens (including phenoxy) is 2. The average molecular weight is 647 g/mol. The quantitative estimate of drug-likeness (QED) is 0.382. The lowest BCUT2D eigenvalue weighted by Crippen LogP contribution is -2.50. The third-order valence-corrected chi connectivity index (χ3v) is 9.64. The maximum Gasteiger partial charge on any atom is 0.410 e. The smallest absolute Gasteiger partial charge is 0.410 e. The Labute approximate surface area is 261 Å². The van der Waals surface area contributed by atoms with Gasteiger partial charge in [0.1, 0.15) is 11.4 Å². The van der Waals surface area contributed by atoms with Crippen molar-refractivity contribution in [2.24, 2.45) is 5.92 Å². The minimum absolute atomic E-state index is 0.00887. The van der Waals surface area contributed by atoms with Crippen LogP contribution in [-0.2, 0) is 19.6 Å². The Kier molecular flexibility index (Phi) is 10.0. The molecular weight excluding hydrogens is 608 g/mol. The fourth-order valence-corrected chi connectivity index (χ4v) is 7.16. The summed E-state index contributed by atoms with van der Waals surface area (Å²) in [7, 11) is -2.82. The summed E-state index contributed by atoms with van der Waals surface area (Å²) in [5.41, 5.74) is -0.840. The Bertz CT molecular complexity index is 1570. The second-order valence-corrected chi connectivity index (χ2v) is 14.1. The Morgan fingerprint density at radius 2 is 1.76 bits per heavy atom. The van der Waals surface area contributed by atoms with Gasteiger partial charge in [0.2, 0.25) is 15.9 Å². The van der Waals surface area contributed by atoms with Crippen LogP contribution in [0.25, 0.3) is 0 Å². The predicted molar refractivity (Wildman–Crippen MR) is 162 cm³/mol. The number of nitro benzene ring substituents is 1. The van der Waals surface area contributed by atoms with Gasteiger partial charge in [-0.05, 0) is 63.4 Å². The van der Waals surface area contributed by atoms with Gasteiger partial charge in [-0.2, -0.15) is 4.31 Å². The first-order valence-corrected chi connectivity index (χ1v) is 16.0. The highest BCUT2D eigenvalue weighted by Gasteiger charge is 2.39. The highest BCUT2D eigenvalue weighted by molar-refractivity contribution is 7.89. The second kappa shape index (κ2) is 13.4. The lowest BCUT2D eigenvalue weighted by Gasteiger charge is -2.39. The Morgan fingerprint density at radius 1 is 1.07 bits per heavy atom. The zero-order chi connectivity index (χ0) is 33.1. The number of nitro groups is 1. The largest absolute Gasteiger partial charge is 0.493 e. The molecule has 0 saturated carbocycles. The van der Waals surface area contributed by atoms with Crippen molar-refractivity contribution in [2.45, 2.75) is 50.0 Å². The number of carbonyl (C=O) groups excluding carboxylic acids is 2. The van der Waals surface area contributed by atoms with Crippen LogP contribution in [0.4, 0.5) is 10.5 Å². The Morgan fingerprint density at radius 3 is 2.42 bits per heavy atom. The molecular formula is C30H38N4O10S. The molecule has 2 bridgehead atoms. The number of likely N-dealkylation sites (tertiary alicyclic amines) is 1. The lowest BCUT2D eigenvalue weighted by atomic mass is 9.83. The van der Waals surface area contributed by atoms with Crippen LogP contribution in [0.5, 0.6) is 5.75 Å². The van der Waals surface area contributed by atoms with Crippen LogP contribution in [0, 0.1) is 16.0 Å². The van der Waals surface area contributed by atoms with E-state index < -0.39 is 55.0 Å². The normalized spacial score (nSPS) is 20.4. The number of aromatic carboxylic acids is 1. The fourth-order valence-electron chi connectivity index (χ4n) is 5.53. The number of carboxylic acid groups (broad SMARTS) is 1. The summed E-state index contributed by atoms with van der Waals surface area (Å²) in [6.07, 6.45) is -0.151. The summed E-state index contributed by atoms with van der Waals surface area (Å²) in [4.78, 5) is 52.1. The van der Waals surface area contributed by atoms with Gasteiger partial charge in [-0.15, -0.1) is 0 Å². The molecule has 1 saturated heterocycles. The Hall–Kier alpha value is -4.24. The molecule has 0 aliphatic carbocycles. The van der Waals surface area contributed by atoms with Crippen LogP contribution in [0.1, 0.15) is 55.5 Å². The van der Waals surface area contributed by atoms with Crippen molar-refractivity contribution < 1.29 is 42.3 Å². The van der Waals surface area contributed by atoms with Crippen LogP contribution in [0.2, 0.25) is 0 Å². The van der Waals surface area contributed by atoms with Gasteiger partial charge in [-0.1, -0.05) is 12.1 Å². The molecule has 2 amide bonds. The number of nitrogens with zero attached hydrogens (tertiary/aromatic N) is 4. The summed E-state index contributed by atoms with van der Waals surface area (Å²) in [5.74, 6) is -2.32. The van der Waals surface area contributed by atoms with Crippen molar-refractivity contribution in [3.63, 3.8) is 0 Å². The average Bonchev–Trinajstić information content (AvgIpc) is 2.98. The van der Waals surface area contributed by atoms with Gasteiger partial charge < -0.3 is 24.4 Å². The van der Waals surface area contributed by atoms with Crippen molar-refractivity contribution in [2.75, 3.05) is 46.4 Å². The third-order valence-electron chi connectivity index (χ3n) is 7.70. The molecule has 15 heteroatoms. The van der Waals surface area contributed by atoms with Gasteiger partial charge in [-0.25, -0.2) is 18.0 Å². The molecule has 1 fully saturated rings. The number of fused-ring (bicyclic) bond motifs is 4. The van der Waals surface area contributed by atoms with E-state index in [-0.39, 0.29) is 63.6 Å². The van der Waals surface area contributed by atoms with Gasteiger partial charge >= 0.3 is 12.1 Å². The van der Waals surface area contributed by atoms with Crippen molar-refractivity contribution in [3.05, 3.63) is 63.7 Å². The molecule has 14 nitrogen and oxygen atoms in total. The zero-order valence-corrected chi connectivity index (χ0v) is 26.5. The lowest BCUT2D eigenvalue weighted by molar-refractivity contribution is -0.387. The summed E-state index contributed by atoms with van der Waals surface area (Å²) < 4.78 is 40.2. The molecule has 0 spiro atoms. The molecule has 1 N–H and O–H groups in total. The molecule has 2 heterocycles. The number of benzene rings is 2. The van der Waals surface area contributed by atoms with E-state index in [0.29, 0.717) is 11.3 Å². The van der Waals surface area contributed by atoms with Gasteiger partial charge in [0.25, 0.3) is 5.69 Å². The molecule has 2 aliphatic heterocycles. The van der Waals surface area contributed by atoms with E-state index in [2.05, 4.69) is 0 Å². The molecule has 0 aromatic heterocycles. The summed E-state index contributed by atoms with van der Waals surface area (Å²) in [6.45, 7) is 5.23. The number of carboxylic acids is 1. The minimum atomic E-state index is -4.35. The van der Waals surface area contributed by atoms with Crippen molar-refractivity contribution in [1.29, 1.82) is 0 Å². The molecule has 0 radical (unpaired) electrons. The van der Waals surface area contributed by atoms with E-state index in [1.807, 2.05) is 0 Å². The van der Waals surface area contributed by atoms with E-state index >= 15 is 0 Å². The van der Waals surface area contributed by atoms with Crippen LogP contribution in [0.3, 0.4) is 0 Å². The van der Waals surface area contributed by atoms with Crippen molar-refractivity contribution in [3.8, 4) is 5.75 Å². The number of hydrogen-bond acceptors (Lipinski definition) is 9. The molecule has 45 heavy (non-hydrogen) atoms. The second-order valence-electron chi connectivity index (χ2n) is 12.2. The summed E-state index contributed by atoms with van der Waals surface area (Å²) in [5, 5.41) is 21.3. The first kappa shape index (κ1) is 33.6. The number of sulfonamides is 1. The summed E-state index contributed by atoms with van der Waals surface area (Å²) >= 11 is 0. The van der Waals surface area contributed by atoms with Crippen LogP contribution >= 0.6 is 0 Å². The van der Waals surface area contributed by atoms with Gasteiger partial charge in [0.05, 0.1) is 23.0 Å².